The fraction of sp³-hybridized carbons (Fsp3) is 0.667. The molecule has 8 heteroatoms. The van der Waals surface area contributed by atoms with E-state index in [1.807, 2.05) is 11.8 Å². The van der Waals surface area contributed by atoms with Gasteiger partial charge in [-0.25, -0.2) is 0 Å². The lowest BCUT2D eigenvalue weighted by Crippen LogP contribution is -2.43. The highest BCUT2D eigenvalue weighted by Gasteiger charge is 2.40. The summed E-state index contributed by atoms with van der Waals surface area (Å²) in [7, 11) is 3.68. The van der Waals surface area contributed by atoms with Gasteiger partial charge in [-0.2, -0.15) is 0 Å². The van der Waals surface area contributed by atoms with Gasteiger partial charge in [-0.1, -0.05) is 0 Å². The number of hydrogen-bond acceptors (Lipinski definition) is 5. The SMILES string of the molecule is Cc1cc(C)n(C)c(=O)c1C(=O)N[C@H]1C[C@H](C(=O)N2CCCN(C)CC2)C[C@@H]1O. The number of aliphatic hydroxyl groups excluding tert-OH is 1. The molecular formula is C21H32N4O4. The monoisotopic (exact) mass is 404 g/mol. The molecule has 0 radical (unpaired) electrons. The van der Waals surface area contributed by atoms with E-state index in [0.29, 0.717) is 24.9 Å². The largest absolute Gasteiger partial charge is 0.391 e. The molecule has 0 aromatic carbocycles. The van der Waals surface area contributed by atoms with Crippen LogP contribution in [0.5, 0.6) is 0 Å². The van der Waals surface area contributed by atoms with Crippen LogP contribution in [-0.4, -0.2) is 76.7 Å². The van der Waals surface area contributed by atoms with Gasteiger partial charge in [0.25, 0.3) is 11.5 Å². The third kappa shape index (κ3) is 4.53. The standard InChI is InChI=1S/C21H32N4O4/c1-13-10-14(2)24(4)21(29)18(13)19(27)22-16-11-15(12-17(16)26)20(28)25-7-5-6-23(3)8-9-25/h10,15-17,26H,5-9,11-12H2,1-4H3,(H,22,27)/t15-,16-,17-/m0/s1. The van der Waals surface area contributed by atoms with Crippen LogP contribution in [0.1, 0.15) is 40.9 Å². The van der Waals surface area contributed by atoms with Crippen molar-refractivity contribution in [2.45, 2.75) is 45.3 Å². The Morgan fingerprint density at radius 3 is 2.55 bits per heavy atom. The number of carbonyl (C=O) groups excluding carboxylic acids is 2. The van der Waals surface area contributed by atoms with E-state index in [-0.39, 0.29) is 22.9 Å². The fourth-order valence-electron chi connectivity index (χ4n) is 4.39. The molecule has 0 unspecified atom stereocenters. The Morgan fingerprint density at radius 1 is 1.10 bits per heavy atom. The molecule has 3 atom stereocenters. The van der Waals surface area contributed by atoms with Crippen LogP contribution < -0.4 is 10.9 Å². The van der Waals surface area contributed by atoms with Crippen molar-refractivity contribution in [3.8, 4) is 0 Å². The first-order valence-electron chi connectivity index (χ1n) is 10.3. The quantitative estimate of drug-likeness (QED) is 0.742. The summed E-state index contributed by atoms with van der Waals surface area (Å²) in [5, 5.41) is 13.3. The Hall–Kier alpha value is -2.19. The van der Waals surface area contributed by atoms with Crippen LogP contribution in [0.25, 0.3) is 0 Å². The predicted octanol–water partition coefficient (Wildman–Crippen LogP) is 0.0355. The second-order valence-corrected chi connectivity index (χ2v) is 8.51. The predicted molar refractivity (Wildman–Crippen MR) is 110 cm³/mol. The number of carbonyl (C=O) groups is 2. The number of aliphatic hydroxyl groups is 1. The molecule has 0 spiro atoms. The molecule has 2 N–H and O–H groups in total. The molecule has 2 heterocycles. The minimum Gasteiger partial charge on any atom is -0.391 e. The zero-order valence-corrected chi connectivity index (χ0v) is 17.8. The van der Waals surface area contributed by atoms with Crippen molar-refractivity contribution in [2.24, 2.45) is 13.0 Å². The zero-order chi connectivity index (χ0) is 21.3. The molecule has 160 valence electrons. The third-order valence-corrected chi connectivity index (χ3v) is 6.32. The van der Waals surface area contributed by atoms with E-state index in [9.17, 15) is 19.5 Å². The lowest BCUT2D eigenvalue weighted by atomic mass is 10.1. The van der Waals surface area contributed by atoms with E-state index >= 15 is 0 Å². The molecule has 1 aromatic rings. The molecule has 2 aliphatic rings. The maximum absolute atomic E-state index is 12.9. The van der Waals surface area contributed by atoms with Gasteiger partial charge in [0.2, 0.25) is 5.91 Å². The fourth-order valence-corrected chi connectivity index (χ4v) is 4.39. The summed E-state index contributed by atoms with van der Waals surface area (Å²) in [5.41, 5.74) is 1.13. The van der Waals surface area contributed by atoms with Crippen molar-refractivity contribution in [1.29, 1.82) is 0 Å². The highest BCUT2D eigenvalue weighted by molar-refractivity contribution is 5.95. The summed E-state index contributed by atoms with van der Waals surface area (Å²) in [6.07, 6.45) is 0.870. The lowest BCUT2D eigenvalue weighted by Gasteiger charge is -2.24. The number of likely N-dealkylation sites (N-methyl/N-ethyl adjacent to an activating group) is 1. The van der Waals surface area contributed by atoms with Crippen molar-refractivity contribution >= 4 is 11.8 Å². The zero-order valence-electron chi connectivity index (χ0n) is 17.8. The Morgan fingerprint density at radius 2 is 1.83 bits per heavy atom. The van der Waals surface area contributed by atoms with Crippen molar-refractivity contribution in [3.63, 3.8) is 0 Å². The van der Waals surface area contributed by atoms with Crippen LogP contribution in [-0.2, 0) is 11.8 Å². The normalized spacial score (nSPS) is 25.7. The van der Waals surface area contributed by atoms with Gasteiger partial charge in [-0.3, -0.25) is 14.4 Å². The van der Waals surface area contributed by atoms with Gasteiger partial charge in [0.15, 0.2) is 0 Å². The Kier molecular flexibility index (Phi) is 6.43. The summed E-state index contributed by atoms with van der Waals surface area (Å²) >= 11 is 0. The molecule has 29 heavy (non-hydrogen) atoms. The smallest absolute Gasteiger partial charge is 0.263 e. The van der Waals surface area contributed by atoms with E-state index in [0.717, 1.165) is 31.7 Å². The minimum atomic E-state index is -0.794. The summed E-state index contributed by atoms with van der Waals surface area (Å²) in [4.78, 5) is 42.3. The number of aromatic nitrogens is 1. The van der Waals surface area contributed by atoms with Crippen LogP contribution in [0.3, 0.4) is 0 Å². The van der Waals surface area contributed by atoms with Gasteiger partial charge in [0.1, 0.15) is 5.56 Å². The second kappa shape index (κ2) is 8.67. The molecule has 1 aliphatic carbocycles. The molecule has 3 rings (SSSR count). The highest BCUT2D eigenvalue weighted by atomic mass is 16.3. The molecule has 8 nitrogen and oxygen atoms in total. The van der Waals surface area contributed by atoms with Crippen molar-refractivity contribution in [2.75, 3.05) is 33.2 Å². The first kappa shape index (κ1) is 21.5. The van der Waals surface area contributed by atoms with Crippen LogP contribution >= 0.6 is 0 Å². The first-order valence-corrected chi connectivity index (χ1v) is 10.3. The molecule has 2 fully saturated rings. The van der Waals surface area contributed by atoms with Gasteiger partial charge in [-0.05, 0) is 58.3 Å². The van der Waals surface area contributed by atoms with E-state index in [2.05, 4.69) is 17.3 Å². The molecule has 1 aliphatic heterocycles. The van der Waals surface area contributed by atoms with Gasteiger partial charge < -0.3 is 24.8 Å². The van der Waals surface area contributed by atoms with E-state index in [4.69, 9.17) is 0 Å². The van der Waals surface area contributed by atoms with E-state index < -0.39 is 18.1 Å². The highest BCUT2D eigenvalue weighted by Crippen LogP contribution is 2.28. The van der Waals surface area contributed by atoms with Crippen molar-refractivity contribution in [3.05, 3.63) is 33.2 Å². The first-order chi connectivity index (χ1) is 13.7. The summed E-state index contributed by atoms with van der Waals surface area (Å²) in [6.45, 7) is 6.78. The van der Waals surface area contributed by atoms with Gasteiger partial charge in [-0.15, -0.1) is 0 Å². The Balaban J connectivity index is 1.67. The van der Waals surface area contributed by atoms with Crippen molar-refractivity contribution < 1.29 is 14.7 Å². The van der Waals surface area contributed by atoms with Crippen LogP contribution in [0.4, 0.5) is 0 Å². The molecular weight excluding hydrogens is 372 g/mol. The van der Waals surface area contributed by atoms with Crippen molar-refractivity contribution in [1.82, 2.24) is 19.7 Å². The number of hydrogen-bond donors (Lipinski definition) is 2. The van der Waals surface area contributed by atoms with E-state index in [1.54, 1.807) is 20.0 Å². The van der Waals surface area contributed by atoms with Gasteiger partial charge in [0, 0.05) is 38.3 Å². The molecule has 1 saturated carbocycles. The van der Waals surface area contributed by atoms with Gasteiger partial charge in [0.05, 0.1) is 12.1 Å². The van der Waals surface area contributed by atoms with Crippen LogP contribution in [0.15, 0.2) is 10.9 Å². The number of nitrogens with zero attached hydrogens (tertiary/aromatic N) is 3. The summed E-state index contributed by atoms with van der Waals surface area (Å²) in [5.74, 6) is -0.740. The topological polar surface area (TPSA) is 94.9 Å². The number of nitrogens with one attached hydrogen (secondary N) is 1. The Labute approximate surface area is 171 Å². The van der Waals surface area contributed by atoms with Gasteiger partial charge >= 0.3 is 0 Å². The molecule has 1 saturated heterocycles. The number of aryl methyl sites for hydroxylation is 2. The number of rotatable bonds is 3. The Bertz CT molecular complexity index is 850. The second-order valence-electron chi connectivity index (χ2n) is 8.51. The molecule has 2 amide bonds. The maximum Gasteiger partial charge on any atom is 0.263 e. The summed E-state index contributed by atoms with van der Waals surface area (Å²) in [6, 6.07) is 1.26. The third-order valence-electron chi connectivity index (χ3n) is 6.32. The average Bonchev–Trinajstić information content (AvgIpc) is 2.87. The van der Waals surface area contributed by atoms with E-state index in [1.165, 1.54) is 4.57 Å². The average molecular weight is 405 g/mol. The molecule has 0 bridgehead atoms. The maximum atomic E-state index is 12.9. The van der Waals surface area contributed by atoms with Crippen LogP contribution in [0, 0.1) is 19.8 Å². The molecule has 1 aromatic heterocycles. The van der Waals surface area contributed by atoms with Crippen LogP contribution in [0.2, 0.25) is 0 Å². The number of amides is 2. The number of pyridine rings is 1. The lowest BCUT2D eigenvalue weighted by molar-refractivity contribution is -0.135. The minimum absolute atomic E-state index is 0.0542. The summed E-state index contributed by atoms with van der Waals surface area (Å²) < 4.78 is 1.44.